The standard InChI is InChI=1S/C16H17FO5/c1-20-13(18)15(14(19)21-2)8-3-9-16(15)12(22-16)10-4-6-11(17)7-5-10/h4-7,12H,3,8-9H2,1-2H3. The first-order chi connectivity index (χ1) is 10.5. The van der Waals surface area contributed by atoms with Gasteiger partial charge in [0.1, 0.15) is 17.5 Å². The Morgan fingerprint density at radius 2 is 1.73 bits per heavy atom. The summed E-state index contributed by atoms with van der Waals surface area (Å²) >= 11 is 0. The smallest absolute Gasteiger partial charge is 0.326 e. The Balaban J connectivity index is 2.00. The van der Waals surface area contributed by atoms with Crippen LogP contribution < -0.4 is 0 Å². The average molecular weight is 308 g/mol. The molecule has 0 N–H and O–H groups in total. The number of hydrogen-bond acceptors (Lipinski definition) is 5. The lowest BCUT2D eigenvalue weighted by molar-refractivity contribution is -0.173. The van der Waals surface area contributed by atoms with E-state index in [1.54, 1.807) is 12.1 Å². The molecule has 0 aromatic heterocycles. The van der Waals surface area contributed by atoms with Crippen LogP contribution in [0.5, 0.6) is 0 Å². The molecule has 22 heavy (non-hydrogen) atoms. The Kier molecular flexibility index (Phi) is 3.44. The van der Waals surface area contributed by atoms with Gasteiger partial charge in [-0.2, -0.15) is 0 Å². The lowest BCUT2D eigenvalue weighted by atomic mass is 9.74. The van der Waals surface area contributed by atoms with E-state index in [-0.39, 0.29) is 5.82 Å². The van der Waals surface area contributed by atoms with E-state index in [9.17, 15) is 14.0 Å². The number of epoxide rings is 1. The van der Waals surface area contributed by atoms with E-state index in [2.05, 4.69) is 0 Å². The van der Waals surface area contributed by atoms with Crippen LogP contribution in [0.25, 0.3) is 0 Å². The second kappa shape index (κ2) is 5.05. The Morgan fingerprint density at radius 3 is 2.27 bits per heavy atom. The van der Waals surface area contributed by atoms with E-state index in [4.69, 9.17) is 14.2 Å². The van der Waals surface area contributed by atoms with E-state index in [1.165, 1.54) is 26.4 Å². The zero-order chi connectivity index (χ0) is 16.0. The fourth-order valence-corrected chi connectivity index (χ4v) is 3.69. The lowest BCUT2D eigenvalue weighted by Crippen LogP contribution is -2.49. The predicted molar refractivity (Wildman–Crippen MR) is 73.3 cm³/mol. The van der Waals surface area contributed by atoms with Crippen LogP contribution >= 0.6 is 0 Å². The maximum atomic E-state index is 13.1. The number of halogens is 1. The predicted octanol–water partition coefficient (Wildman–Crippen LogP) is 2.15. The fourth-order valence-electron chi connectivity index (χ4n) is 3.69. The van der Waals surface area contributed by atoms with Gasteiger partial charge in [0.15, 0.2) is 5.41 Å². The second-order valence-electron chi connectivity index (χ2n) is 5.68. The van der Waals surface area contributed by atoms with Gasteiger partial charge in [-0.05, 0) is 37.0 Å². The highest BCUT2D eigenvalue weighted by Gasteiger charge is 2.78. The van der Waals surface area contributed by atoms with Crippen LogP contribution in [0.1, 0.15) is 30.9 Å². The van der Waals surface area contributed by atoms with Crippen molar-refractivity contribution in [1.29, 1.82) is 0 Å². The van der Waals surface area contributed by atoms with Crippen LogP contribution in [0.4, 0.5) is 4.39 Å². The zero-order valence-corrected chi connectivity index (χ0v) is 12.4. The molecule has 1 aromatic carbocycles. The number of rotatable bonds is 3. The van der Waals surface area contributed by atoms with Gasteiger partial charge in [-0.1, -0.05) is 12.1 Å². The summed E-state index contributed by atoms with van der Waals surface area (Å²) in [5.41, 5.74) is -1.67. The third-order valence-electron chi connectivity index (χ3n) is 4.76. The molecule has 1 aliphatic carbocycles. The van der Waals surface area contributed by atoms with Crippen LogP contribution in [-0.2, 0) is 23.8 Å². The number of methoxy groups -OCH3 is 2. The molecule has 0 amide bonds. The van der Waals surface area contributed by atoms with Gasteiger partial charge in [0, 0.05) is 0 Å². The summed E-state index contributed by atoms with van der Waals surface area (Å²) < 4.78 is 28.6. The third kappa shape index (κ3) is 1.80. The van der Waals surface area contributed by atoms with Crippen molar-refractivity contribution in [3.8, 4) is 0 Å². The van der Waals surface area contributed by atoms with Crippen LogP contribution in [0.15, 0.2) is 24.3 Å². The number of ether oxygens (including phenoxy) is 3. The molecule has 2 unspecified atom stereocenters. The van der Waals surface area contributed by atoms with Gasteiger partial charge in [0.2, 0.25) is 0 Å². The SMILES string of the molecule is COC(=O)C1(C(=O)OC)CCCC12OC2c1ccc(F)cc1. The normalized spacial score (nSPS) is 28.4. The van der Waals surface area contributed by atoms with E-state index >= 15 is 0 Å². The van der Waals surface area contributed by atoms with E-state index < -0.39 is 29.1 Å². The number of esters is 2. The fraction of sp³-hybridized carbons (Fsp3) is 0.500. The summed E-state index contributed by atoms with van der Waals surface area (Å²) in [5.74, 6) is -1.63. The molecule has 2 fully saturated rings. The maximum absolute atomic E-state index is 13.1. The largest absolute Gasteiger partial charge is 0.468 e. The van der Waals surface area contributed by atoms with Crippen molar-refractivity contribution in [2.45, 2.75) is 31.0 Å². The summed E-state index contributed by atoms with van der Waals surface area (Å²) in [6.07, 6.45) is 1.10. The van der Waals surface area contributed by atoms with Gasteiger partial charge in [-0.15, -0.1) is 0 Å². The van der Waals surface area contributed by atoms with Gasteiger partial charge >= 0.3 is 11.9 Å². The van der Waals surface area contributed by atoms with Crippen molar-refractivity contribution >= 4 is 11.9 Å². The molecule has 6 heteroatoms. The first-order valence-electron chi connectivity index (χ1n) is 7.12. The van der Waals surface area contributed by atoms with Crippen molar-refractivity contribution in [3.05, 3.63) is 35.6 Å². The van der Waals surface area contributed by atoms with Crippen molar-refractivity contribution in [2.75, 3.05) is 14.2 Å². The summed E-state index contributed by atoms with van der Waals surface area (Å²) in [5, 5.41) is 0. The third-order valence-corrected chi connectivity index (χ3v) is 4.76. The minimum Gasteiger partial charge on any atom is -0.468 e. The zero-order valence-electron chi connectivity index (χ0n) is 12.4. The monoisotopic (exact) mass is 308 g/mol. The number of carbonyl (C=O) groups excluding carboxylic acids is 2. The summed E-state index contributed by atoms with van der Waals surface area (Å²) in [4.78, 5) is 24.7. The maximum Gasteiger partial charge on any atom is 0.326 e. The number of carbonyl (C=O) groups is 2. The molecule has 5 nitrogen and oxygen atoms in total. The molecule has 1 heterocycles. The molecule has 0 radical (unpaired) electrons. The van der Waals surface area contributed by atoms with Crippen molar-refractivity contribution in [3.63, 3.8) is 0 Å². The number of benzene rings is 1. The summed E-state index contributed by atoms with van der Waals surface area (Å²) in [6, 6.07) is 5.87. The van der Waals surface area contributed by atoms with E-state index in [1.807, 2.05) is 0 Å². The van der Waals surface area contributed by atoms with Crippen LogP contribution in [-0.4, -0.2) is 31.8 Å². The molecule has 1 aromatic rings. The van der Waals surface area contributed by atoms with Gasteiger partial charge in [-0.3, -0.25) is 9.59 Å². The topological polar surface area (TPSA) is 65.1 Å². The second-order valence-corrected chi connectivity index (χ2v) is 5.68. The molecule has 3 rings (SSSR count). The molecule has 0 bridgehead atoms. The van der Waals surface area contributed by atoms with Crippen LogP contribution in [0, 0.1) is 11.2 Å². The quantitative estimate of drug-likeness (QED) is 0.486. The number of hydrogen-bond donors (Lipinski definition) is 0. The van der Waals surface area contributed by atoms with E-state index in [0.717, 1.165) is 5.56 Å². The lowest BCUT2D eigenvalue weighted by Gasteiger charge is -2.28. The first-order valence-corrected chi connectivity index (χ1v) is 7.12. The van der Waals surface area contributed by atoms with Gasteiger partial charge in [0.05, 0.1) is 14.2 Å². The first kappa shape index (κ1) is 15.0. The van der Waals surface area contributed by atoms with Crippen molar-refractivity contribution in [1.82, 2.24) is 0 Å². The minimum atomic E-state index is -1.45. The van der Waals surface area contributed by atoms with Crippen molar-refractivity contribution < 1.29 is 28.2 Å². The summed E-state index contributed by atoms with van der Waals surface area (Å²) in [7, 11) is 2.49. The van der Waals surface area contributed by atoms with Gasteiger partial charge < -0.3 is 14.2 Å². The molecule has 2 atom stereocenters. The molecular formula is C16H17FO5. The Bertz CT molecular complexity index is 595. The van der Waals surface area contributed by atoms with E-state index in [0.29, 0.717) is 19.3 Å². The Labute approximate surface area is 127 Å². The molecule has 1 saturated heterocycles. The molecule has 2 aliphatic rings. The van der Waals surface area contributed by atoms with Gasteiger partial charge in [0.25, 0.3) is 0 Å². The summed E-state index contributed by atoms with van der Waals surface area (Å²) in [6.45, 7) is 0. The molecular weight excluding hydrogens is 291 g/mol. The molecule has 1 aliphatic heterocycles. The highest BCUT2D eigenvalue weighted by atomic mass is 19.1. The highest BCUT2D eigenvalue weighted by molar-refractivity contribution is 6.02. The molecule has 1 spiro atoms. The van der Waals surface area contributed by atoms with Crippen LogP contribution in [0.2, 0.25) is 0 Å². The Morgan fingerprint density at radius 1 is 1.14 bits per heavy atom. The van der Waals surface area contributed by atoms with Crippen molar-refractivity contribution in [2.24, 2.45) is 5.41 Å². The molecule has 1 saturated carbocycles. The minimum absolute atomic E-state index is 0.323. The van der Waals surface area contributed by atoms with Crippen LogP contribution in [0.3, 0.4) is 0 Å². The Hall–Kier alpha value is -1.95. The average Bonchev–Trinajstić information content (AvgIpc) is 3.13. The van der Waals surface area contributed by atoms with Gasteiger partial charge in [-0.25, -0.2) is 4.39 Å². The molecule has 118 valence electrons. The highest BCUT2D eigenvalue weighted by Crippen LogP contribution is 2.68.